The van der Waals surface area contributed by atoms with Crippen molar-refractivity contribution in [3.8, 4) is 0 Å². The van der Waals surface area contributed by atoms with Crippen molar-refractivity contribution in [1.82, 2.24) is 5.32 Å². The highest BCUT2D eigenvalue weighted by Crippen LogP contribution is 2.13. The van der Waals surface area contributed by atoms with Crippen molar-refractivity contribution in [2.75, 3.05) is 13.2 Å². The standard InChI is InChI=1S/C9H19NO2/c1-5-10-8(11)7-9(3,4)12-6-2/h5-7H2,1-4H3,(H,10,11). The Morgan fingerprint density at radius 2 is 2.00 bits per heavy atom. The van der Waals surface area contributed by atoms with Crippen LogP contribution >= 0.6 is 0 Å². The molecule has 0 aliphatic rings. The van der Waals surface area contributed by atoms with Crippen LogP contribution < -0.4 is 5.32 Å². The fraction of sp³-hybridized carbons (Fsp3) is 0.889. The summed E-state index contributed by atoms with van der Waals surface area (Å²) >= 11 is 0. The molecule has 3 nitrogen and oxygen atoms in total. The maximum atomic E-state index is 11.1. The number of carbonyl (C=O) groups excluding carboxylic acids is 1. The van der Waals surface area contributed by atoms with Crippen LogP contribution in [0.4, 0.5) is 0 Å². The third kappa shape index (κ3) is 5.13. The molecule has 0 bridgehead atoms. The summed E-state index contributed by atoms with van der Waals surface area (Å²) in [5.41, 5.74) is -0.339. The quantitative estimate of drug-likeness (QED) is 0.681. The van der Waals surface area contributed by atoms with E-state index in [1.54, 1.807) is 0 Å². The van der Waals surface area contributed by atoms with Gasteiger partial charge in [0.05, 0.1) is 12.0 Å². The van der Waals surface area contributed by atoms with Crippen LogP contribution in [0, 0.1) is 0 Å². The highest BCUT2D eigenvalue weighted by atomic mass is 16.5. The first-order valence-electron chi connectivity index (χ1n) is 4.42. The largest absolute Gasteiger partial charge is 0.375 e. The summed E-state index contributed by atoms with van der Waals surface area (Å²) in [7, 11) is 0. The molecule has 0 saturated heterocycles. The number of nitrogens with one attached hydrogen (secondary N) is 1. The Bertz CT molecular complexity index is 143. The van der Waals surface area contributed by atoms with Crippen molar-refractivity contribution in [1.29, 1.82) is 0 Å². The fourth-order valence-corrected chi connectivity index (χ4v) is 1.09. The molecule has 0 aromatic rings. The summed E-state index contributed by atoms with van der Waals surface area (Å²) in [6.45, 7) is 9.01. The summed E-state index contributed by atoms with van der Waals surface area (Å²) in [4.78, 5) is 11.1. The maximum Gasteiger partial charge on any atom is 0.222 e. The predicted molar refractivity (Wildman–Crippen MR) is 49.0 cm³/mol. The van der Waals surface area contributed by atoms with Gasteiger partial charge in [0.15, 0.2) is 0 Å². The van der Waals surface area contributed by atoms with Crippen molar-refractivity contribution in [3.05, 3.63) is 0 Å². The van der Waals surface area contributed by atoms with E-state index >= 15 is 0 Å². The molecule has 3 heteroatoms. The highest BCUT2D eigenvalue weighted by molar-refractivity contribution is 5.76. The topological polar surface area (TPSA) is 38.3 Å². The summed E-state index contributed by atoms with van der Waals surface area (Å²) in [5, 5.41) is 2.74. The number of hydrogen-bond acceptors (Lipinski definition) is 2. The zero-order chi connectivity index (χ0) is 9.61. The van der Waals surface area contributed by atoms with Gasteiger partial charge in [-0.25, -0.2) is 0 Å². The second-order valence-electron chi connectivity index (χ2n) is 3.32. The summed E-state index contributed by atoms with van der Waals surface area (Å²) in [6, 6.07) is 0. The van der Waals surface area contributed by atoms with Crippen molar-refractivity contribution in [2.24, 2.45) is 0 Å². The van der Waals surface area contributed by atoms with E-state index in [0.29, 0.717) is 19.6 Å². The van der Waals surface area contributed by atoms with E-state index in [-0.39, 0.29) is 11.5 Å². The van der Waals surface area contributed by atoms with Gasteiger partial charge < -0.3 is 10.1 Å². The lowest BCUT2D eigenvalue weighted by atomic mass is 10.0. The minimum Gasteiger partial charge on any atom is -0.375 e. The molecule has 0 unspecified atom stereocenters. The van der Waals surface area contributed by atoms with Gasteiger partial charge in [0.2, 0.25) is 5.91 Å². The normalized spacial score (nSPS) is 11.3. The van der Waals surface area contributed by atoms with Crippen LogP contribution in [0.25, 0.3) is 0 Å². The average molecular weight is 173 g/mol. The third-order valence-corrected chi connectivity index (χ3v) is 1.50. The Hall–Kier alpha value is -0.570. The summed E-state index contributed by atoms with van der Waals surface area (Å²) in [6.07, 6.45) is 0.425. The number of carbonyl (C=O) groups is 1. The Kier molecular flexibility index (Phi) is 4.90. The van der Waals surface area contributed by atoms with Crippen LogP contribution in [0.2, 0.25) is 0 Å². The molecule has 0 spiro atoms. The molecular formula is C9H19NO2. The van der Waals surface area contributed by atoms with Crippen LogP contribution in [-0.4, -0.2) is 24.7 Å². The van der Waals surface area contributed by atoms with Gasteiger partial charge in [0.1, 0.15) is 0 Å². The van der Waals surface area contributed by atoms with E-state index in [1.807, 2.05) is 27.7 Å². The van der Waals surface area contributed by atoms with Crippen molar-refractivity contribution in [3.63, 3.8) is 0 Å². The summed E-state index contributed by atoms with van der Waals surface area (Å²) in [5.74, 6) is 0.0518. The van der Waals surface area contributed by atoms with Gasteiger partial charge in [-0.3, -0.25) is 4.79 Å². The summed E-state index contributed by atoms with van der Waals surface area (Å²) < 4.78 is 5.39. The second-order valence-corrected chi connectivity index (χ2v) is 3.32. The van der Waals surface area contributed by atoms with Crippen LogP contribution in [0.5, 0.6) is 0 Å². The third-order valence-electron chi connectivity index (χ3n) is 1.50. The van der Waals surface area contributed by atoms with E-state index in [0.717, 1.165) is 0 Å². The SMILES string of the molecule is CCNC(=O)CC(C)(C)OCC. The lowest BCUT2D eigenvalue weighted by molar-refractivity contribution is -0.127. The van der Waals surface area contributed by atoms with Crippen LogP contribution in [0.1, 0.15) is 34.1 Å². The van der Waals surface area contributed by atoms with E-state index in [9.17, 15) is 4.79 Å². The molecule has 0 aliphatic heterocycles. The Morgan fingerprint density at radius 1 is 1.42 bits per heavy atom. The van der Waals surface area contributed by atoms with Gasteiger partial charge in [-0.15, -0.1) is 0 Å². The van der Waals surface area contributed by atoms with E-state index in [1.165, 1.54) is 0 Å². The maximum absolute atomic E-state index is 11.1. The molecule has 0 atom stereocenters. The molecule has 0 fully saturated rings. The van der Waals surface area contributed by atoms with Crippen LogP contribution in [0.3, 0.4) is 0 Å². The molecule has 1 N–H and O–H groups in total. The van der Waals surface area contributed by atoms with Crippen LogP contribution in [-0.2, 0) is 9.53 Å². The van der Waals surface area contributed by atoms with E-state index < -0.39 is 0 Å². The molecule has 0 heterocycles. The Labute approximate surface area is 74.5 Å². The molecule has 0 aromatic heterocycles. The average Bonchev–Trinajstić information content (AvgIpc) is 1.85. The van der Waals surface area contributed by atoms with Gasteiger partial charge >= 0.3 is 0 Å². The number of hydrogen-bond donors (Lipinski definition) is 1. The molecule has 0 aromatic carbocycles. The molecular weight excluding hydrogens is 154 g/mol. The molecule has 0 rings (SSSR count). The fourth-order valence-electron chi connectivity index (χ4n) is 1.09. The first-order valence-corrected chi connectivity index (χ1v) is 4.42. The molecule has 0 aliphatic carbocycles. The van der Waals surface area contributed by atoms with Gasteiger partial charge in [-0.1, -0.05) is 0 Å². The monoisotopic (exact) mass is 173 g/mol. The zero-order valence-electron chi connectivity index (χ0n) is 8.44. The number of amides is 1. The molecule has 12 heavy (non-hydrogen) atoms. The van der Waals surface area contributed by atoms with Crippen molar-refractivity contribution >= 4 is 5.91 Å². The van der Waals surface area contributed by atoms with Gasteiger partial charge in [-0.05, 0) is 27.7 Å². The van der Waals surface area contributed by atoms with Crippen molar-refractivity contribution in [2.45, 2.75) is 39.7 Å². The first kappa shape index (κ1) is 11.4. The lowest BCUT2D eigenvalue weighted by Gasteiger charge is -2.23. The molecule has 72 valence electrons. The minimum absolute atomic E-state index is 0.0518. The first-order chi connectivity index (χ1) is 5.52. The van der Waals surface area contributed by atoms with Crippen LogP contribution in [0.15, 0.2) is 0 Å². The lowest BCUT2D eigenvalue weighted by Crippen LogP contribution is -2.34. The van der Waals surface area contributed by atoms with Gasteiger partial charge in [0.25, 0.3) is 0 Å². The van der Waals surface area contributed by atoms with Gasteiger partial charge in [-0.2, -0.15) is 0 Å². The smallest absolute Gasteiger partial charge is 0.222 e. The van der Waals surface area contributed by atoms with Crippen molar-refractivity contribution < 1.29 is 9.53 Å². The number of rotatable bonds is 5. The van der Waals surface area contributed by atoms with E-state index in [2.05, 4.69) is 5.32 Å². The minimum atomic E-state index is -0.339. The molecule has 1 amide bonds. The predicted octanol–water partition coefficient (Wildman–Crippen LogP) is 1.33. The zero-order valence-corrected chi connectivity index (χ0v) is 8.44. The number of ether oxygens (including phenoxy) is 1. The second kappa shape index (κ2) is 5.14. The molecule has 0 saturated carbocycles. The van der Waals surface area contributed by atoms with Gasteiger partial charge in [0, 0.05) is 13.2 Å². The highest BCUT2D eigenvalue weighted by Gasteiger charge is 2.21. The Morgan fingerprint density at radius 3 is 2.42 bits per heavy atom. The molecule has 0 radical (unpaired) electrons. The van der Waals surface area contributed by atoms with E-state index in [4.69, 9.17) is 4.74 Å². The Balaban J connectivity index is 3.79.